The summed E-state index contributed by atoms with van der Waals surface area (Å²) in [6.07, 6.45) is 15.1. The highest BCUT2D eigenvalue weighted by Gasteiger charge is 2.34. The Labute approximate surface area is 130 Å². The van der Waals surface area contributed by atoms with Crippen LogP contribution in [0.5, 0.6) is 0 Å². The van der Waals surface area contributed by atoms with E-state index in [1.54, 1.807) is 0 Å². The minimum Gasteiger partial charge on any atom is -0.395 e. The van der Waals surface area contributed by atoms with Gasteiger partial charge in [-0.05, 0) is 36.9 Å². The van der Waals surface area contributed by atoms with E-state index in [9.17, 15) is 5.11 Å². The maximum atomic E-state index is 9.45. The van der Waals surface area contributed by atoms with Crippen molar-refractivity contribution in [2.45, 2.75) is 76.7 Å². The Morgan fingerprint density at radius 2 is 1.55 bits per heavy atom. The van der Waals surface area contributed by atoms with Crippen molar-refractivity contribution in [3.8, 4) is 0 Å². The minimum atomic E-state index is 0.305. The third-order valence-corrected chi connectivity index (χ3v) is 6.19. The van der Waals surface area contributed by atoms with E-state index in [4.69, 9.17) is 12.6 Å². The average Bonchev–Trinajstić information content (AvgIpc) is 2.74. The maximum absolute atomic E-state index is 9.45. The molecule has 2 nitrogen and oxygen atoms in total. The van der Waals surface area contributed by atoms with Gasteiger partial charge in [0.15, 0.2) is 0 Å². The monoisotopic (exact) mass is 299 g/mol. The van der Waals surface area contributed by atoms with Gasteiger partial charge in [-0.25, -0.2) is 0 Å². The van der Waals surface area contributed by atoms with Crippen LogP contribution in [0.3, 0.4) is 0 Å². The molecule has 0 unspecified atom stereocenters. The fourth-order valence-electron chi connectivity index (χ4n) is 4.24. The lowest BCUT2D eigenvalue weighted by Gasteiger charge is -2.42. The zero-order valence-electron chi connectivity index (χ0n) is 13.0. The van der Waals surface area contributed by atoms with E-state index >= 15 is 0 Å². The molecule has 0 atom stereocenters. The van der Waals surface area contributed by atoms with Gasteiger partial charge in [-0.2, -0.15) is 12.6 Å². The molecule has 0 amide bonds. The lowest BCUT2D eigenvalue weighted by atomic mass is 9.80. The van der Waals surface area contributed by atoms with Crippen molar-refractivity contribution in [2.75, 3.05) is 25.4 Å². The molecule has 2 rings (SSSR count). The molecule has 2 saturated carbocycles. The van der Waals surface area contributed by atoms with Crippen molar-refractivity contribution in [3.05, 3.63) is 0 Å². The summed E-state index contributed by atoms with van der Waals surface area (Å²) >= 11 is 4.71. The average molecular weight is 300 g/mol. The second kappa shape index (κ2) is 8.65. The second-order valence-electron chi connectivity index (χ2n) is 7.06. The van der Waals surface area contributed by atoms with Crippen molar-refractivity contribution in [3.63, 3.8) is 0 Å². The standard InChI is InChI=1S/C17H33NOS/c19-13-12-18(16-8-4-3-5-9-16)14-17(15-20)10-6-1-2-7-11-17/h16,19-20H,1-15H2. The summed E-state index contributed by atoms with van der Waals surface area (Å²) in [6.45, 7) is 2.33. The minimum absolute atomic E-state index is 0.305. The second-order valence-corrected chi connectivity index (χ2v) is 7.37. The van der Waals surface area contributed by atoms with E-state index < -0.39 is 0 Å². The molecule has 0 heterocycles. The highest BCUT2D eigenvalue weighted by Crippen LogP contribution is 2.38. The van der Waals surface area contributed by atoms with Crippen LogP contribution in [-0.2, 0) is 0 Å². The van der Waals surface area contributed by atoms with Gasteiger partial charge in [0.1, 0.15) is 0 Å². The third kappa shape index (κ3) is 4.64. The van der Waals surface area contributed by atoms with Crippen LogP contribution in [0.25, 0.3) is 0 Å². The zero-order chi connectivity index (χ0) is 14.3. The van der Waals surface area contributed by atoms with Crippen LogP contribution in [0.2, 0.25) is 0 Å². The lowest BCUT2D eigenvalue weighted by molar-refractivity contribution is 0.0716. The van der Waals surface area contributed by atoms with Gasteiger partial charge in [0.2, 0.25) is 0 Å². The highest BCUT2D eigenvalue weighted by molar-refractivity contribution is 7.80. The van der Waals surface area contributed by atoms with Crippen molar-refractivity contribution in [1.82, 2.24) is 4.90 Å². The number of aliphatic hydroxyl groups is 1. The Morgan fingerprint density at radius 3 is 2.10 bits per heavy atom. The molecule has 2 aliphatic carbocycles. The number of aliphatic hydroxyl groups excluding tert-OH is 1. The normalized spacial score (nSPS) is 24.8. The maximum Gasteiger partial charge on any atom is 0.0558 e. The molecule has 0 radical (unpaired) electrons. The third-order valence-electron chi connectivity index (χ3n) is 5.52. The summed E-state index contributed by atoms with van der Waals surface area (Å²) in [7, 11) is 0. The predicted molar refractivity (Wildman–Crippen MR) is 89.5 cm³/mol. The van der Waals surface area contributed by atoms with Crippen LogP contribution in [0.1, 0.15) is 70.6 Å². The molecule has 0 aromatic carbocycles. The molecule has 2 aliphatic rings. The van der Waals surface area contributed by atoms with E-state index in [-0.39, 0.29) is 0 Å². The van der Waals surface area contributed by atoms with Gasteiger partial charge in [-0.1, -0.05) is 44.9 Å². The number of nitrogens with zero attached hydrogens (tertiary/aromatic N) is 1. The van der Waals surface area contributed by atoms with Gasteiger partial charge in [-0.15, -0.1) is 0 Å². The van der Waals surface area contributed by atoms with Crippen molar-refractivity contribution >= 4 is 12.6 Å². The molecule has 0 saturated heterocycles. The Bertz CT molecular complexity index is 258. The molecule has 0 bridgehead atoms. The van der Waals surface area contributed by atoms with Crippen LogP contribution >= 0.6 is 12.6 Å². The Kier molecular flexibility index (Phi) is 7.20. The first-order valence-corrected chi connectivity index (χ1v) is 9.39. The van der Waals surface area contributed by atoms with Crippen LogP contribution in [0.4, 0.5) is 0 Å². The zero-order valence-corrected chi connectivity index (χ0v) is 13.9. The van der Waals surface area contributed by atoms with Crippen LogP contribution in [0.15, 0.2) is 0 Å². The molecule has 20 heavy (non-hydrogen) atoms. The Balaban J connectivity index is 1.99. The molecule has 0 spiro atoms. The number of thiol groups is 1. The number of hydrogen-bond donors (Lipinski definition) is 2. The van der Waals surface area contributed by atoms with Gasteiger partial charge < -0.3 is 5.11 Å². The molecule has 3 heteroatoms. The van der Waals surface area contributed by atoms with E-state index in [0.717, 1.165) is 18.3 Å². The summed E-state index contributed by atoms with van der Waals surface area (Å²) in [6, 6.07) is 0.718. The van der Waals surface area contributed by atoms with Gasteiger partial charge in [0.25, 0.3) is 0 Å². The summed E-state index contributed by atoms with van der Waals surface area (Å²) in [5.74, 6) is 1.02. The number of hydrogen-bond acceptors (Lipinski definition) is 3. The fourth-order valence-corrected chi connectivity index (χ4v) is 4.66. The SMILES string of the molecule is OCCN(CC1(CS)CCCCCC1)C1CCCCC1. The van der Waals surface area contributed by atoms with Crippen LogP contribution < -0.4 is 0 Å². The molecule has 118 valence electrons. The smallest absolute Gasteiger partial charge is 0.0558 e. The summed E-state index contributed by atoms with van der Waals surface area (Å²) in [5.41, 5.74) is 0.409. The molecule has 1 N–H and O–H groups in total. The van der Waals surface area contributed by atoms with Crippen molar-refractivity contribution in [1.29, 1.82) is 0 Å². The van der Waals surface area contributed by atoms with Gasteiger partial charge >= 0.3 is 0 Å². The van der Waals surface area contributed by atoms with Crippen LogP contribution in [0, 0.1) is 5.41 Å². The lowest BCUT2D eigenvalue weighted by Crippen LogP contribution is -2.46. The molecule has 0 aromatic heterocycles. The van der Waals surface area contributed by atoms with Crippen molar-refractivity contribution < 1.29 is 5.11 Å². The number of rotatable bonds is 6. The first-order chi connectivity index (χ1) is 9.79. The highest BCUT2D eigenvalue weighted by atomic mass is 32.1. The van der Waals surface area contributed by atoms with E-state index in [1.807, 2.05) is 0 Å². The van der Waals surface area contributed by atoms with E-state index in [2.05, 4.69) is 4.90 Å². The van der Waals surface area contributed by atoms with Crippen molar-refractivity contribution in [2.24, 2.45) is 5.41 Å². The molecular weight excluding hydrogens is 266 g/mol. The molecule has 0 aromatic rings. The van der Waals surface area contributed by atoms with E-state index in [1.165, 1.54) is 77.2 Å². The summed E-state index contributed by atoms with van der Waals surface area (Å²) in [5, 5.41) is 9.45. The van der Waals surface area contributed by atoms with Gasteiger partial charge in [0.05, 0.1) is 6.61 Å². The van der Waals surface area contributed by atoms with Gasteiger partial charge in [0, 0.05) is 19.1 Å². The Hall–Kier alpha value is 0.270. The Morgan fingerprint density at radius 1 is 0.950 bits per heavy atom. The quantitative estimate of drug-likeness (QED) is 0.574. The first kappa shape index (κ1) is 16.6. The predicted octanol–water partition coefficient (Wildman–Crippen LogP) is 3.88. The topological polar surface area (TPSA) is 23.5 Å². The summed E-state index contributed by atoms with van der Waals surface area (Å²) in [4.78, 5) is 2.61. The summed E-state index contributed by atoms with van der Waals surface area (Å²) < 4.78 is 0. The first-order valence-electron chi connectivity index (χ1n) is 8.75. The largest absolute Gasteiger partial charge is 0.395 e. The fraction of sp³-hybridized carbons (Fsp3) is 1.00. The van der Waals surface area contributed by atoms with E-state index in [0.29, 0.717) is 12.0 Å². The molecular formula is C17H33NOS. The van der Waals surface area contributed by atoms with Crippen LogP contribution in [-0.4, -0.2) is 41.5 Å². The van der Waals surface area contributed by atoms with Gasteiger partial charge in [-0.3, -0.25) is 4.90 Å². The molecule has 2 fully saturated rings. The molecule has 0 aliphatic heterocycles.